The quantitative estimate of drug-likeness (QED) is 0.531. The van der Waals surface area contributed by atoms with Crippen LogP contribution >= 0.6 is 11.8 Å². The Labute approximate surface area is 172 Å². The number of hydrogen-bond acceptors (Lipinski definition) is 6. The second kappa shape index (κ2) is 8.99. The maximum atomic E-state index is 12.2. The molecule has 0 spiro atoms. The summed E-state index contributed by atoms with van der Waals surface area (Å²) in [6.07, 6.45) is -3.58. The van der Waals surface area contributed by atoms with E-state index >= 15 is 0 Å². The largest absolute Gasteiger partial charge is 0.573 e. The highest BCUT2D eigenvalue weighted by atomic mass is 32.2. The van der Waals surface area contributed by atoms with Gasteiger partial charge in [0.2, 0.25) is 5.91 Å². The number of halogens is 3. The van der Waals surface area contributed by atoms with Crippen molar-refractivity contribution in [3.63, 3.8) is 0 Å². The van der Waals surface area contributed by atoms with Gasteiger partial charge in [-0.1, -0.05) is 48.2 Å². The molecule has 0 aromatic heterocycles. The molecule has 11 heteroatoms. The average molecular weight is 437 g/mol. The molecule has 0 bridgehead atoms. The molecule has 1 fully saturated rings. The van der Waals surface area contributed by atoms with Crippen molar-refractivity contribution in [3.8, 4) is 16.9 Å². The minimum atomic E-state index is -4.73. The molecule has 1 aliphatic heterocycles. The summed E-state index contributed by atoms with van der Waals surface area (Å²) in [4.78, 5) is 22.3. The van der Waals surface area contributed by atoms with E-state index in [9.17, 15) is 22.8 Å². The highest BCUT2D eigenvalue weighted by Gasteiger charge is 2.32. The Morgan fingerprint density at radius 3 is 2.30 bits per heavy atom. The summed E-state index contributed by atoms with van der Waals surface area (Å²) < 4.78 is 40.5. The number of amides is 1. The van der Waals surface area contributed by atoms with Gasteiger partial charge in [-0.05, 0) is 28.8 Å². The zero-order valence-electron chi connectivity index (χ0n) is 15.1. The van der Waals surface area contributed by atoms with Crippen molar-refractivity contribution in [3.05, 3.63) is 54.1 Å². The third kappa shape index (κ3) is 6.08. The maximum absolute atomic E-state index is 12.2. The van der Waals surface area contributed by atoms with E-state index in [1.807, 2.05) is 0 Å². The Morgan fingerprint density at radius 2 is 1.73 bits per heavy atom. The Kier molecular flexibility index (Phi) is 6.40. The number of carboxylic acid groups (broad SMARTS) is 1. The minimum absolute atomic E-state index is 0.222. The second-order valence-corrected chi connectivity index (χ2v) is 7.23. The van der Waals surface area contributed by atoms with Crippen molar-refractivity contribution in [1.29, 1.82) is 0 Å². The van der Waals surface area contributed by atoms with Crippen LogP contribution in [0.2, 0.25) is 0 Å². The number of amidine groups is 1. The third-order valence-corrected chi connectivity index (χ3v) is 4.90. The third-order valence-electron chi connectivity index (χ3n) is 3.82. The molecule has 2 N–H and O–H groups in total. The molecule has 7 nitrogen and oxygen atoms in total. The van der Waals surface area contributed by atoms with E-state index in [1.165, 1.54) is 30.5 Å². The van der Waals surface area contributed by atoms with Gasteiger partial charge in [0.1, 0.15) is 11.0 Å². The monoisotopic (exact) mass is 437 g/mol. The van der Waals surface area contributed by atoms with Crippen molar-refractivity contribution >= 4 is 35.0 Å². The van der Waals surface area contributed by atoms with E-state index in [2.05, 4.69) is 20.3 Å². The molecule has 2 aromatic carbocycles. The number of alkyl halides is 3. The van der Waals surface area contributed by atoms with E-state index in [1.54, 1.807) is 24.3 Å². The molecular weight excluding hydrogens is 423 g/mol. The number of aliphatic carboxylic acids is 1. The van der Waals surface area contributed by atoms with Gasteiger partial charge in [0.05, 0.1) is 12.6 Å². The first-order valence-electron chi connectivity index (χ1n) is 8.46. The molecule has 0 radical (unpaired) electrons. The minimum Gasteiger partial charge on any atom is -0.481 e. The zero-order chi connectivity index (χ0) is 21.7. The van der Waals surface area contributed by atoms with Crippen LogP contribution in [-0.2, 0) is 9.59 Å². The Morgan fingerprint density at radius 1 is 1.13 bits per heavy atom. The van der Waals surface area contributed by atoms with Crippen LogP contribution in [0.1, 0.15) is 12.0 Å². The van der Waals surface area contributed by atoms with E-state index in [0.29, 0.717) is 11.1 Å². The molecule has 1 heterocycles. The second-order valence-electron chi connectivity index (χ2n) is 6.04. The summed E-state index contributed by atoms with van der Waals surface area (Å²) in [5.74, 6) is -1.79. The Hall–Kier alpha value is -3.34. The molecular formula is C19H14F3N3O4S. The standard InChI is InChI=1S/C19H14F3N3O4S/c20-19(21,22)29-14-7-5-13(6-8-14)12-3-1-11(2-4-12)10-23-25-18-24-17(28)15(30-18)9-16(26)27/h1-8,10,15H,9H2,(H,26,27)(H,24,25,28). The van der Waals surface area contributed by atoms with Crippen molar-refractivity contribution in [2.75, 3.05) is 0 Å². The lowest BCUT2D eigenvalue weighted by molar-refractivity contribution is -0.274. The SMILES string of the molecule is O=C(O)CC1SC(=NN=Cc2ccc(-c3ccc(OC(F)(F)F)cc3)cc2)NC1=O. The summed E-state index contributed by atoms with van der Waals surface area (Å²) in [6.45, 7) is 0. The fourth-order valence-electron chi connectivity index (χ4n) is 2.50. The fraction of sp³-hybridized carbons (Fsp3) is 0.158. The van der Waals surface area contributed by atoms with Gasteiger partial charge in [-0.2, -0.15) is 5.10 Å². The highest BCUT2D eigenvalue weighted by molar-refractivity contribution is 8.15. The Balaban J connectivity index is 1.61. The smallest absolute Gasteiger partial charge is 0.481 e. The van der Waals surface area contributed by atoms with Gasteiger partial charge in [0.25, 0.3) is 0 Å². The number of nitrogens with zero attached hydrogens (tertiary/aromatic N) is 2. The average Bonchev–Trinajstić information content (AvgIpc) is 3.00. The van der Waals surface area contributed by atoms with Gasteiger partial charge in [0, 0.05) is 0 Å². The molecule has 0 aliphatic carbocycles. The molecule has 1 aliphatic rings. The van der Waals surface area contributed by atoms with Gasteiger partial charge in [0.15, 0.2) is 5.17 Å². The van der Waals surface area contributed by atoms with Crippen LogP contribution in [0, 0.1) is 0 Å². The maximum Gasteiger partial charge on any atom is 0.573 e. The lowest BCUT2D eigenvalue weighted by atomic mass is 10.0. The van der Waals surface area contributed by atoms with Gasteiger partial charge in [-0.15, -0.1) is 18.3 Å². The predicted octanol–water partition coefficient (Wildman–Crippen LogP) is 3.65. The van der Waals surface area contributed by atoms with Crippen LogP contribution in [0.15, 0.2) is 58.7 Å². The molecule has 3 rings (SSSR count). The van der Waals surface area contributed by atoms with Gasteiger partial charge in [-0.3, -0.25) is 9.59 Å². The topological polar surface area (TPSA) is 100 Å². The number of benzene rings is 2. The van der Waals surface area contributed by atoms with E-state index in [-0.39, 0.29) is 17.3 Å². The summed E-state index contributed by atoms with van der Waals surface area (Å²) in [6, 6.07) is 12.5. The van der Waals surface area contributed by atoms with Gasteiger partial charge < -0.3 is 15.2 Å². The normalized spacial score (nSPS) is 18.0. The summed E-state index contributed by atoms with van der Waals surface area (Å²) in [7, 11) is 0. The van der Waals surface area contributed by atoms with Crippen molar-refractivity contribution in [2.24, 2.45) is 10.2 Å². The van der Waals surface area contributed by atoms with Crippen LogP contribution in [0.25, 0.3) is 11.1 Å². The van der Waals surface area contributed by atoms with Crippen LogP contribution in [0.3, 0.4) is 0 Å². The molecule has 156 valence electrons. The lowest BCUT2D eigenvalue weighted by Crippen LogP contribution is -2.26. The first-order chi connectivity index (χ1) is 14.2. The van der Waals surface area contributed by atoms with Crippen LogP contribution in [0.5, 0.6) is 5.75 Å². The molecule has 1 atom stereocenters. The van der Waals surface area contributed by atoms with E-state index in [4.69, 9.17) is 5.11 Å². The molecule has 2 aromatic rings. The van der Waals surface area contributed by atoms with Crippen molar-refractivity contribution in [1.82, 2.24) is 5.32 Å². The van der Waals surface area contributed by atoms with Crippen molar-refractivity contribution in [2.45, 2.75) is 18.0 Å². The van der Waals surface area contributed by atoms with Crippen LogP contribution < -0.4 is 10.1 Å². The van der Waals surface area contributed by atoms with Crippen molar-refractivity contribution < 1.29 is 32.6 Å². The summed E-state index contributed by atoms with van der Waals surface area (Å²) in [5.41, 5.74) is 2.20. The number of rotatable bonds is 6. The predicted molar refractivity (Wildman–Crippen MR) is 105 cm³/mol. The van der Waals surface area contributed by atoms with Gasteiger partial charge >= 0.3 is 12.3 Å². The molecule has 30 heavy (non-hydrogen) atoms. The fourth-order valence-corrected chi connectivity index (χ4v) is 3.42. The van der Waals surface area contributed by atoms with Crippen LogP contribution in [0.4, 0.5) is 13.2 Å². The highest BCUT2D eigenvalue weighted by Crippen LogP contribution is 2.26. The molecule has 1 amide bonds. The summed E-state index contributed by atoms with van der Waals surface area (Å²) in [5, 5.41) is 18.4. The summed E-state index contributed by atoms with van der Waals surface area (Å²) >= 11 is 1.00. The van der Waals surface area contributed by atoms with E-state index < -0.39 is 23.5 Å². The number of carboxylic acids is 1. The Bertz CT molecular complexity index is 990. The van der Waals surface area contributed by atoms with Gasteiger partial charge in [-0.25, -0.2) is 0 Å². The number of carbonyl (C=O) groups is 2. The number of carbonyl (C=O) groups excluding carboxylic acids is 1. The van der Waals surface area contributed by atoms with Crippen LogP contribution in [-0.4, -0.2) is 40.0 Å². The van der Waals surface area contributed by atoms with E-state index in [0.717, 1.165) is 17.3 Å². The number of ether oxygens (including phenoxy) is 1. The molecule has 1 saturated heterocycles. The molecule has 0 saturated carbocycles. The number of nitrogens with one attached hydrogen (secondary N) is 1. The lowest BCUT2D eigenvalue weighted by Gasteiger charge is -2.09. The zero-order valence-corrected chi connectivity index (χ0v) is 15.9. The first-order valence-corrected chi connectivity index (χ1v) is 9.34. The first kappa shape index (κ1) is 21.4. The number of thioether (sulfide) groups is 1. The number of hydrogen-bond donors (Lipinski definition) is 2. The molecule has 1 unspecified atom stereocenters.